The van der Waals surface area contributed by atoms with Gasteiger partial charge in [-0.1, -0.05) is 18.2 Å². The molecule has 0 aliphatic carbocycles. The third kappa shape index (κ3) is 2.82. The minimum Gasteiger partial charge on any atom is -0.460 e. The number of likely N-dealkylation sites (tertiary alicyclic amines) is 1. The minimum atomic E-state index is 0.0550. The zero-order valence-corrected chi connectivity index (χ0v) is 13.2. The Morgan fingerprint density at radius 1 is 1.12 bits per heavy atom. The van der Waals surface area contributed by atoms with Crippen LogP contribution in [0.1, 0.15) is 23.2 Å². The number of aromatic amines is 1. The fourth-order valence-electron chi connectivity index (χ4n) is 3.09. The number of nitrogens with one attached hydrogen (secondary N) is 1. The molecule has 1 aromatic carbocycles. The molecule has 1 aliphatic rings. The van der Waals surface area contributed by atoms with Crippen LogP contribution in [0.5, 0.6) is 6.01 Å². The summed E-state index contributed by atoms with van der Waals surface area (Å²) >= 11 is 0. The first kappa shape index (κ1) is 14.7. The Morgan fingerprint density at radius 2 is 1.88 bits per heavy atom. The Kier molecular flexibility index (Phi) is 3.86. The number of rotatable bonds is 3. The van der Waals surface area contributed by atoms with E-state index in [1.807, 2.05) is 29.2 Å². The summed E-state index contributed by atoms with van der Waals surface area (Å²) in [6, 6.07) is 10.0. The SMILES string of the molecule is O=C(c1c[nH]c2ccccc12)N1CCC(Oc2ncccn2)CC1. The molecule has 4 rings (SSSR count). The van der Waals surface area contributed by atoms with E-state index in [2.05, 4.69) is 15.0 Å². The molecular formula is C18H18N4O2. The lowest BCUT2D eigenvalue weighted by atomic mass is 10.1. The molecular weight excluding hydrogens is 304 g/mol. The number of fused-ring (bicyclic) bond motifs is 1. The van der Waals surface area contributed by atoms with E-state index < -0.39 is 0 Å². The van der Waals surface area contributed by atoms with Crippen molar-refractivity contribution in [1.82, 2.24) is 19.9 Å². The predicted octanol–water partition coefficient (Wildman–Crippen LogP) is 2.64. The number of benzene rings is 1. The molecule has 1 N–H and O–H groups in total. The number of carbonyl (C=O) groups excluding carboxylic acids is 1. The van der Waals surface area contributed by atoms with E-state index in [0.717, 1.165) is 29.3 Å². The van der Waals surface area contributed by atoms with Gasteiger partial charge in [0.15, 0.2) is 0 Å². The van der Waals surface area contributed by atoms with E-state index in [1.165, 1.54) is 0 Å². The van der Waals surface area contributed by atoms with Gasteiger partial charge in [-0.3, -0.25) is 4.79 Å². The number of H-pyrrole nitrogens is 1. The van der Waals surface area contributed by atoms with Crippen molar-refractivity contribution in [3.63, 3.8) is 0 Å². The molecule has 1 aliphatic heterocycles. The highest BCUT2D eigenvalue weighted by atomic mass is 16.5. The lowest BCUT2D eigenvalue weighted by Gasteiger charge is -2.31. The number of amides is 1. The van der Waals surface area contributed by atoms with Crippen molar-refractivity contribution in [2.24, 2.45) is 0 Å². The summed E-state index contributed by atoms with van der Waals surface area (Å²) < 4.78 is 5.78. The summed E-state index contributed by atoms with van der Waals surface area (Å²) in [7, 11) is 0. The fraction of sp³-hybridized carbons (Fsp3) is 0.278. The second-order valence-corrected chi connectivity index (χ2v) is 5.89. The van der Waals surface area contributed by atoms with Crippen molar-refractivity contribution in [2.45, 2.75) is 18.9 Å². The van der Waals surface area contributed by atoms with Gasteiger partial charge in [-0.25, -0.2) is 9.97 Å². The van der Waals surface area contributed by atoms with Gasteiger partial charge in [-0.15, -0.1) is 0 Å². The highest BCUT2D eigenvalue weighted by molar-refractivity contribution is 6.06. The van der Waals surface area contributed by atoms with Gasteiger partial charge in [-0.05, 0) is 12.1 Å². The zero-order valence-electron chi connectivity index (χ0n) is 13.2. The van der Waals surface area contributed by atoms with Gasteiger partial charge < -0.3 is 14.6 Å². The highest BCUT2D eigenvalue weighted by Gasteiger charge is 2.26. The summed E-state index contributed by atoms with van der Waals surface area (Å²) in [5, 5.41) is 0.971. The number of para-hydroxylation sites is 1. The molecule has 24 heavy (non-hydrogen) atoms. The van der Waals surface area contributed by atoms with E-state index >= 15 is 0 Å². The molecule has 122 valence electrons. The first-order valence-electron chi connectivity index (χ1n) is 8.10. The van der Waals surface area contributed by atoms with Crippen molar-refractivity contribution in [2.75, 3.05) is 13.1 Å². The van der Waals surface area contributed by atoms with E-state index in [1.54, 1.807) is 24.7 Å². The van der Waals surface area contributed by atoms with Crippen LogP contribution in [-0.4, -0.2) is 45.0 Å². The van der Waals surface area contributed by atoms with Crippen molar-refractivity contribution in [3.8, 4) is 6.01 Å². The Hall–Kier alpha value is -2.89. The lowest BCUT2D eigenvalue weighted by Crippen LogP contribution is -2.41. The fourth-order valence-corrected chi connectivity index (χ4v) is 3.09. The number of hydrogen-bond acceptors (Lipinski definition) is 4. The molecule has 2 aromatic heterocycles. The van der Waals surface area contributed by atoms with Crippen LogP contribution in [0.15, 0.2) is 48.9 Å². The number of ether oxygens (including phenoxy) is 1. The molecule has 0 radical (unpaired) electrons. The van der Waals surface area contributed by atoms with E-state index in [9.17, 15) is 4.79 Å². The molecule has 6 heteroatoms. The number of aromatic nitrogens is 3. The number of hydrogen-bond donors (Lipinski definition) is 1. The third-order valence-corrected chi connectivity index (χ3v) is 4.36. The smallest absolute Gasteiger partial charge is 0.316 e. The predicted molar refractivity (Wildman–Crippen MR) is 89.9 cm³/mol. The maximum absolute atomic E-state index is 12.8. The molecule has 0 atom stereocenters. The second-order valence-electron chi connectivity index (χ2n) is 5.89. The molecule has 0 spiro atoms. The van der Waals surface area contributed by atoms with Crippen LogP contribution in [0.25, 0.3) is 10.9 Å². The third-order valence-electron chi connectivity index (χ3n) is 4.36. The Bertz CT molecular complexity index is 838. The molecule has 0 saturated carbocycles. The number of carbonyl (C=O) groups is 1. The van der Waals surface area contributed by atoms with Crippen LogP contribution in [0.2, 0.25) is 0 Å². The highest BCUT2D eigenvalue weighted by Crippen LogP contribution is 2.22. The summed E-state index contributed by atoms with van der Waals surface area (Å²) in [4.78, 5) is 26.0. The van der Waals surface area contributed by atoms with Gasteiger partial charge in [-0.2, -0.15) is 0 Å². The molecule has 1 saturated heterocycles. The Labute approximate surface area is 139 Å². The van der Waals surface area contributed by atoms with E-state index in [4.69, 9.17) is 4.74 Å². The van der Waals surface area contributed by atoms with Crippen molar-refractivity contribution < 1.29 is 9.53 Å². The van der Waals surface area contributed by atoms with Gasteiger partial charge >= 0.3 is 6.01 Å². The Morgan fingerprint density at radius 3 is 2.67 bits per heavy atom. The van der Waals surface area contributed by atoms with Crippen molar-refractivity contribution in [1.29, 1.82) is 0 Å². The van der Waals surface area contributed by atoms with Gasteiger partial charge in [0.2, 0.25) is 0 Å². The zero-order chi connectivity index (χ0) is 16.4. The molecule has 1 amide bonds. The van der Waals surface area contributed by atoms with Crippen LogP contribution in [0.4, 0.5) is 0 Å². The molecule has 6 nitrogen and oxygen atoms in total. The largest absolute Gasteiger partial charge is 0.460 e. The topological polar surface area (TPSA) is 71.1 Å². The summed E-state index contributed by atoms with van der Waals surface area (Å²) in [6.07, 6.45) is 6.75. The van der Waals surface area contributed by atoms with Crippen LogP contribution >= 0.6 is 0 Å². The normalized spacial score (nSPS) is 15.6. The first-order chi connectivity index (χ1) is 11.8. The van der Waals surface area contributed by atoms with Crippen molar-refractivity contribution >= 4 is 16.8 Å². The van der Waals surface area contributed by atoms with Gasteiger partial charge in [0, 0.05) is 55.4 Å². The monoisotopic (exact) mass is 322 g/mol. The summed E-state index contributed by atoms with van der Waals surface area (Å²) in [5.74, 6) is 0.0712. The number of piperidine rings is 1. The van der Waals surface area contributed by atoms with Gasteiger partial charge in [0.1, 0.15) is 6.10 Å². The van der Waals surface area contributed by atoms with Gasteiger partial charge in [0.25, 0.3) is 5.91 Å². The van der Waals surface area contributed by atoms with Gasteiger partial charge in [0.05, 0.1) is 5.56 Å². The second kappa shape index (κ2) is 6.31. The molecule has 0 unspecified atom stereocenters. The van der Waals surface area contributed by atoms with E-state index in [-0.39, 0.29) is 12.0 Å². The van der Waals surface area contributed by atoms with E-state index in [0.29, 0.717) is 19.1 Å². The average Bonchev–Trinajstić information content (AvgIpc) is 3.07. The average molecular weight is 322 g/mol. The molecule has 1 fully saturated rings. The van der Waals surface area contributed by atoms with Crippen LogP contribution < -0.4 is 4.74 Å². The quantitative estimate of drug-likeness (QED) is 0.805. The summed E-state index contributed by atoms with van der Waals surface area (Å²) in [5.41, 5.74) is 1.72. The Balaban J connectivity index is 1.41. The minimum absolute atomic E-state index is 0.0550. The molecule has 3 aromatic rings. The maximum atomic E-state index is 12.8. The number of nitrogens with zero attached hydrogens (tertiary/aromatic N) is 3. The maximum Gasteiger partial charge on any atom is 0.316 e. The first-order valence-corrected chi connectivity index (χ1v) is 8.10. The van der Waals surface area contributed by atoms with Crippen LogP contribution in [-0.2, 0) is 0 Å². The lowest BCUT2D eigenvalue weighted by molar-refractivity contribution is 0.0580. The standard InChI is InChI=1S/C18H18N4O2/c23-17(15-12-21-16-5-2-1-4-14(15)16)22-10-6-13(7-11-22)24-18-19-8-3-9-20-18/h1-5,8-9,12-13,21H,6-7,10-11H2. The summed E-state index contributed by atoms with van der Waals surface area (Å²) in [6.45, 7) is 1.35. The van der Waals surface area contributed by atoms with Crippen LogP contribution in [0.3, 0.4) is 0 Å². The molecule has 3 heterocycles. The van der Waals surface area contributed by atoms with Crippen molar-refractivity contribution in [3.05, 3.63) is 54.5 Å². The molecule has 0 bridgehead atoms. The van der Waals surface area contributed by atoms with Crippen LogP contribution in [0, 0.1) is 0 Å².